The minimum Gasteiger partial charge on any atom is -0.316 e. The molecule has 0 amide bonds. The van der Waals surface area contributed by atoms with Crippen molar-refractivity contribution in [1.29, 1.82) is 0 Å². The average molecular weight is 296 g/mol. The van der Waals surface area contributed by atoms with E-state index in [0.717, 1.165) is 46.5 Å². The Morgan fingerprint density at radius 3 is 2.89 bits per heavy atom. The smallest absolute Gasteiger partial charge is 0.148 e. The molecule has 1 aromatic carbocycles. The first-order chi connectivity index (χ1) is 9.20. The standard InChI is InChI=1S/C14H18ClN3S/c1-3-7-16-8-6-13-17-18-14(19-13)12-9-11(15)5-4-10(12)2/h4-5,9,16H,3,6-8H2,1-2H3. The molecule has 0 unspecified atom stereocenters. The summed E-state index contributed by atoms with van der Waals surface area (Å²) in [6.07, 6.45) is 2.08. The van der Waals surface area contributed by atoms with E-state index in [4.69, 9.17) is 11.6 Å². The third kappa shape index (κ3) is 4.00. The van der Waals surface area contributed by atoms with Crippen LogP contribution in [0.3, 0.4) is 0 Å². The van der Waals surface area contributed by atoms with Crippen LogP contribution in [0.2, 0.25) is 5.02 Å². The van der Waals surface area contributed by atoms with Crippen molar-refractivity contribution >= 4 is 22.9 Å². The van der Waals surface area contributed by atoms with E-state index in [9.17, 15) is 0 Å². The van der Waals surface area contributed by atoms with Crippen molar-refractivity contribution in [1.82, 2.24) is 15.5 Å². The third-order valence-electron chi connectivity index (χ3n) is 2.84. The van der Waals surface area contributed by atoms with Crippen LogP contribution in [0.25, 0.3) is 10.6 Å². The van der Waals surface area contributed by atoms with Gasteiger partial charge in [0.05, 0.1) is 0 Å². The molecule has 0 aliphatic carbocycles. The van der Waals surface area contributed by atoms with Gasteiger partial charge in [-0.3, -0.25) is 0 Å². The van der Waals surface area contributed by atoms with Gasteiger partial charge in [0.25, 0.3) is 0 Å². The first kappa shape index (κ1) is 14.4. The van der Waals surface area contributed by atoms with Gasteiger partial charge in [-0.25, -0.2) is 0 Å². The zero-order valence-corrected chi connectivity index (χ0v) is 12.8. The molecular weight excluding hydrogens is 278 g/mol. The van der Waals surface area contributed by atoms with Crippen LogP contribution in [0, 0.1) is 6.92 Å². The molecule has 1 heterocycles. The summed E-state index contributed by atoms with van der Waals surface area (Å²) in [6.45, 7) is 6.24. The summed E-state index contributed by atoms with van der Waals surface area (Å²) in [4.78, 5) is 0. The normalized spacial score (nSPS) is 10.9. The molecule has 0 saturated carbocycles. The summed E-state index contributed by atoms with van der Waals surface area (Å²) in [5, 5.41) is 14.6. The lowest BCUT2D eigenvalue weighted by Gasteiger charge is -2.01. The van der Waals surface area contributed by atoms with Gasteiger partial charge in [-0.2, -0.15) is 0 Å². The first-order valence-electron chi connectivity index (χ1n) is 6.50. The Hall–Kier alpha value is -0.970. The Balaban J connectivity index is 2.06. The van der Waals surface area contributed by atoms with Crippen LogP contribution in [0.1, 0.15) is 23.9 Å². The average Bonchev–Trinajstić information content (AvgIpc) is 2.86. The molecule has 0 bridgehead atoms. The Morgan fingerprint density at radius 2 is 2.11 bits per heavy atom. The first-order valence-corrected chi connectivity index (χ1v) is 7.69. The molecule has 0 fully saturated rings. The third-order valence-corrected chi connectivity index (χ3v) is 4.09. The topological polar surface area (TPSA) is 37.8 Å². The lowest BCUT2D eigenvalue weighted by molar-refractivity contribution is 0.668. The number of aryl methyl sites for hydroxylation is 1. The van der Waals surface area contributed by atoms with Crippen molar-refractivity contribution in [2.75, 3.05) is 13.1 Å². The van der Waals surface area contributed by atoms with Crippen LogP contribution in [-0.2, 0) is 6.42 Å². The largest absolute Gasteiger partial charge is 0.316 e. The molecule has 5 heteroatoms. The summed E-state index contributed by atoms with van der Waals surface area (Å²) in [6, 6.07) is 5.87. The molecule has 1 aromatic heterocycles. The second-order valence-corrected chi connectivity index (χ2v) is 5.96. The van der Waals surface area contributed by atoms with Crippen molar-refractivity contribution in [3.05, 3.63) is 33.8 Å². The number of benzene rings is 1. The highest BCUT2D eigenvalue weighted by atomic mass is 35.5. The van der Waals surface area contributed by atoms with E-state index in [-0.39, 0.29) is 0 Å². The second-order valence-electron chi connectivity index (χ2n) is 4.46. The summed E-state index contributed by atoms with van der Waals surface area (Å²) in [7, 11) is 0. The minimum atomic E-state index is 0.738. The van der Waals surface area contributed by atoms with Crippen LogP contribution in [-0.4, -0.2) is 23.3 Å². The predicted octanol–water partition coefficient (Wildman–Crippen LogP) is 3.71. The fraction of sp³-hybridized carbons (Fsp3) is 0.429. The van der Waals surface area contributed by atoms with E-state index in [0.29, 0.717) is 0 Å². The van der Waals surface area contributed by atoms with Gasteiger partial charge >= 0.3 is 0 Å². The van der Waals surface area contributed by atoms with Crippen LogP contribution >= 0.6 is 22.9 Å². The zero-order chi connectivity index (χ0) is 13.7. The number of aromatic nitrogens is 2. The van der Waals surface area contributed by atoms with Crippen LogP contribution in [0.5, 0.6) is 0 Å². The van der Waals surface area contributed by atoms with E-state index in [1.54, 1.807) is 11.3 Å². The fourth-order valence-corrected chi connectivity index (χ4v) is 2.88. The number of halogens is 1. The lowest BCUT2D eigenvalue weighted by Crippen LogP contribution is -2.17. The highest BCUT2D eigenvalue weighted by Gasteiger charge is 2.09. The van der Waals surface area contributed by atoms with Gasteiger partial charge in [-0.1, -0.05) is 35.9 Å². The number of nitrogens with zero attached hydrogens (tertiary/aromatic N) is 2. The molecule has 1 N–H and O–H groups in total. The highest BCUT2D eigenvalue weighted by Crippen LogP contribution is 2.29. The van der Waals surface area contributed by atoms with Crippen LogP contribution in [0.4, 0.5) is 0 Å². The summed E-state index contributed by atoms with van der Waals surface area (Å²) >= 11 is 7.68. The van der Waals surface area contributed by atoms with Crippen molar-refractivity contribution in [3.63, 3.8) is 0 Å². The van der Waals surface area contributed by atoms with Crippen molar-refractivity contribution in [2.45, 2.75) is 26.7 Å². The van der Waals surface area contributed by atoms with E-state index in [1.165, 1.54) is 5.56 Å². The van der Waals surface area contributed by atoms with E-state index < -0.39 is 0 Å². The van der Waals surface area contributed by atoms with Gasteiger partial charge < -0.3 is 5.32 Å². The number of hydrogen-bond donors (Lipinski definition) is 1. The quantitative estimate of drug-likeness (QED) is 0.826. The molecule has 19 heavy (non-hydrogen) atoms. The highest BCUT2D eigenvalue weighted by molar-refractivity contribution is 7.14. The Bertz CT molecular complexity index is 539. The Labute approximate surface area is 123 Å². The van der Waals surface area contributed by atoms with Gasteiger partial charge in [0.15, 0.2) is 0 Å². The second kappa shape index (κ2) is 6.98. The number of rotatable bonds is 6. The number of nitrogens with one attached hydrogen (secondary N) is 1. The maximum Gasteiger partial charge on any atom is 0.148 e. The molecule has 0 atom stereocenters. The molecule has 0 aliphatic rings. The molecule has 0 saturated heterocycles. The van der Waals surface area contributed by atoms with Gasteiger partial charge in [0, 0.05) is 23.6 Å². The fourth-order valence-electron chi connectivity index (χ4n) is 1.79. The van der Waals surface area contributed by atoms with Gasteiger partial charge in [0.1, 0.15) is 10.0 Å². The van der Waals surface area contributed by atoms with E-state index in [1.807, 2.05) is 18.2 Å². The van der Waals surface area contributed by atoms with E-state index in [2.05, 4.69) is 29.4 Å². The van der Waals surface area contributed by atoms with Crippen molar-refractivity contribution in [2.24, 2.45) is 0 Å². The van der Waals surface area contributed by atoms with Gasteiger partial charge in [-0.15, -0.1) is 10.2 Å². The predicted molar refractivity (Wildman–Crippen MR) is 82.0 cm³/mol. The SMILES string of the molecule is CCCNCCc1nnc(-c2cc(Cl)ccc2C)s1. The van der Waals surface area contributed by atoms with E-state index >= 15 is 0 Å². The van der Waals surface area contributed by atoms with Crippen molar-refractivity contribution < 1.29 is 0 Å². The van der Waals surface area contributed by atoms with Crippen molar-refractivity contribution in [3.8, 4) is 10.6 Å². The molecule has 0 radical (unpaired) electrons. The molecule has 2 rings (SSSR count). The molecular formula is C14H18ClN3S. The summed E-state index contributed by atoms with van der Waals surface area (Å²) in [5.74, 6) is 0. The molecule has 0 spiro atoms. The maximum atomic E-state index is 6.04. The zero-order valence-electron chi connectivity index (χ0n) is 11.2. The molecule has 0 aliphatic heterocycles. The molecule has 2 aromatic rings. The Morgan fingerprint density at radius 1 is 1.26 bits per heavy atom. The summed E-state index contributed by atoms with van der Waals surface area (Å²) < 4.78 is 0. The minimum absolute atomic E-state index is 0.738. The van der Waals surface area contributed by atoms with Gasteiger partial charge in [0.2, 0.25) is 0 Å². The monoisotopic (exact) mass is 295 g/mol. The maximum absolute atomic E-state index is 6.04. The van der Waals surface area contributed by atoms with Gasteiger partial charge in [-0.05, 0) is 37.6 Å². The van der Waals surface area contributed by atoms with Crippen LogP contribution in [0.15, 0.2) is 18.2 Å². The lowest BCUT2D eigenvalue weighted by atomic mass is 10.1. The molecule has 3 nitrogen and oxygen atoms in total. The summed E-state index contributed by atoms with van der Waals surface area (Å²) in [5.41, 5.74) is 2.26. The van der Waals surface area contributed by atoms with Crippen LogP contribution < -0.4 is 5.32 Å². The number of hydrogen-bond acceptors (Lipinski definition) is 4. The molecule has 102 valence electrons. The Kier molecular flexibility index (Phi) is 5.31.